The fourth-order valence-corrected chi connectivity index (χ4v) is 2.83. The van der Waals surface area contributed by atoms with Crippen LogP contribution >= 0.6 is 11.3 Å². The van der Waals surface area contributed by atoms with Crippen molar-refractivity contribution < 1.29 is 9.90 Å². The standard InChI is InChI=1S/C15H18N2O2S/c1-15(2,3)17(14(18)19)12-7-6-10(9-11(12)16)13-5-4-8-20-13/h4-9H,16H2,1-3H3,(H,18,19). The quantitative estimate of drug-likeness (QED) is 0.811. The average molecular weight is 290 g/mol. The summed E-state index contributed by atoms with van der Waals surface area (Å²) in [4.78, 5) is 13.9. The molecule has 0 radical (unpaired) electrons. The van der Waals surface area contributed by atoms with E-state index < -0.39 is 11.6 Å². The SMILES string of the molecule is CC(C)(C)N(C(=O)O)c1ccc(-c2cccs2)cc1N. The van der Waals surface area contributed by atoms with Crippen LogP contribution in [0.2, 0.25) is 0 Å². The van der Waals surface area contributed by atoms with Crippen LogP contribution in [0.1, 0.15) is 20.8 Å². The Morgan fingerprint density at radius 2 is 2.00 bits per heavy atom. The summed E-state index contributed by atoms with van der Waals surface area (Å²) in [6, 6.07) is 9.48. The number of hydrogen-bond donors (Lipinski definition) is 2. The molecule has 0 atom stereocenters. The Balaban J connectivity index is 2.46. The zero-order valence-electron chi connectivity index (χ0n) is 11.8. The summed E-state index contributed by atoms with van der Waals surface area (Å²) in [5.41, 5.74) is 7.50. The van der Waals surface area contributed by atoms with Crippen molar-refractivity contribution in [2.45, 2.75) is 26.3 Å². The van der Waals surface area contributed by atoms with E-state index in [0.29, 0.717) is 11.4 Å². The number of anilines is 2. The summed E-state index contributed by atoms with van der Waals surface area (Å²) in [6.45, 7) is 5.52. The lowest BCUT2D eigenvalue weighted by molar-refractivity contribution is 0.195. The molecule has 0 unspecified atom stereocenters. The second-order valence-electron chi connectivity index (χ2n) is 5.54. The molecular weight excluding hydrogens is 272 g/mol. The van der Waals surface area contributed by atoms with Crippen LogP contribution in [0.3, 0.4) is 0 Å². The minimum atomic E-state index is -1.01. The molecule has 0 saturated heterocycles. The van der Waals surface area contributed by atoms with Crippen LogP contribution in [-0.4, -0.2) is 16.7 Å². The van der Waals surface area contributed by atoms with Crippen LogP contribution in [0.25, 0.3) is 10.4 Å². The van der Waals surface area contributed by atoms with Crippen molar-refractivity contribution in [1.82, 2.24) is 0 Å². The molecule has 1 aromatic heterocycles. The minimum absolute atomic E-state index is 0.466. The molecule has 2 rings (SSSR count). The van der Waals surface area contributed by atoms with Crippen LogP contribution in [0.15, 0.2) is 35.7 Å². The fraction of sp³-hybridized carbons (Fsp3) is 0.267. The van der Waals surface area contributed by atoms with Crippen molar-refractivity contribution >= 4 is 28.8 Å². The van der Waals surface area contributed by atoms with E-state index in [1.165, 1.54) is 4.90 Å². The third-order valence-electron chi connectivity index (χ3n) is 2.94. The molecule has 20 heavy (non-hydrogen) atoms. The normalized spacial score (nSPS) is 11.3. The molecule has 1 heterocycles. The first-order chi connectivity index (χ1) is 9.30. The lowest BCUT2D eigenvalue weighted by atomic mass is 10.0. The summed E-state index contributed by atoms with van der Waals surface area (Å²) in [5, 5.41) is 11.4. The molecule has 0 aliphatic carbocycles. The highest BCUT2D eigenvalue weighted by Gasteiger charge is 2.29. The van der Waals surface area contributed by atoms with Crippen molar-refractivity contribution in [2.24, 2.45) is 0 Å². The van der Waals surface area contributed by atoms with Gasteiger partial charge in [0, 0.05) is 10.4 Å². The first kappa shape index (κ1) is 14.4. The molecule has 2 aromatic rings. The molecule has 1 amide bonds. The number of rotatable bonds is 2. The van der Waals surface area contributed by atoms with Crippen LogP contribution < -0.4 is 10.6 Å². The van der Waals surface area contributed by atoms with E-state index in [0.717, 1.165) is 10.4 Å². The number of carboxylic acid groups (broad SMARTS) is 1. The monoisotopic (exact) mass is 290 g/mol. The summed E-state index contributed by atoms with van der Waals surface area (Å²) < 4.78 is 0. The molecule has 0 saturated carbocycles. The molecule has 106 valence electrons. The third-order valence-corrected chi connectivity index (χ3v) is 3.86. The third kappa shape index (κ3) is 2.77. The van der Waals surface area contributed by atoms with E-state index >= 15 is 0 Å². The second-order valence-corrected chi connectivity index (χ2v) is 6.49. The number of nitrogens with two attached hydrogens (primary N) is 1. The van der Waals surface area contributed by atoms with Crippen molar-refractivity contribution in [3.63, 3.8) is 0 Å². The van der Waals surface area contributed by atoms with Gasteiger partial charge in [-0.15, -0.1) is 11.3 Å². The van der Waals surface area contributed by atoms with Crippen LogP contribution in [0, 0.1) is 0 Å². The van der Waals surface area contributed by atoms with Crippen molar-refractivity contribution in [3.05, 3.63) is 35.7 Å². The number of thiophene rings is 1. The van der Waals surface area contributed by atoms with Gasteiger partial charge in [0.05, 0.1) is 11.4 Å². The van der Waals surface area contributed by atoms with Gasteiger partial charge in [-0.3, -0.25) is 4.90 Å². The highest BCUT2D eigenvalue weighted by molar-refractivity contribution is 7.13. The van der Waals surface area contributed by atoms with Gasteiger partial charge in [0.25, 0.3) is 0 Å². The lowest BCUT2D eigenvalue weighted by Crippen LogP contribution is -2.45. The first-order valence-electron chi connectivity index (χ1n) is 6.27. The first-order valence-corrected chi connectivity index (χ1v) is 7.15. The van der Waals surface area contributed by atoms with Gasteiger partial charge in [0.2, 0.25) is 0 Å². The van der Waals surface area contributed by atoms with E-state index in [-0.39, 0.29) is 0 Å². The maximum absolute atomic E-state index is 11.5. The predicted octanol–water partition coefficient (Wildman–Crippen LogP) is 4.28. The molecule has 0 spiro atoms. The molecule has 1 aromatic carbocycles. The lowest BCUT2D eigenvalue weighted by Gasteiger charge is -2.34. The van der Waals surface area contributed by atoms with Crippen molar-refractivity contribution in [2.75, 3.05) is 10.6 Å². The van der Waals surface area contributed by atoms with E-state index in [1.54, 1.807) is 17.4 Å². The Kier molecular flexibility index (Phi) is 3.72. The molecule has 0 aliphatic rings. The Labute approximate surface area is 122 Å². The van der Waals surface area contributed by atoms with Crippen LogP contribution in [0.5, 0.6) is 0 Å². The number of amides is 1. The number of benzene rings is 1. The topological polar surface area (TPSA) is 66.6 Å². The van der Waals surface area contributed by atoms with Gasteiger partial charge in [-0.25, -0.2) is 4.79 Å². The summed E-state index contributed by atoms with van der Waals surface area (Å²) in [7, 11) is 0. The maximum Gasteiger partial charge on any atom is 0.412 e. The Hall–Kier alpha value is -2.01. The molecule has 0 bridgehead atoms. The fourth-order valence-electron chi connectivity index (χ4n) is 2.11. The van der Waals surface area contributed by atoms with E-state index in [9.17, 15) is 9.90 Å². The van der Waals surface area contributed by atoms with Crippen LogP contribution in [0.4, 0.5) is 16.2 Å². The Morgan fingerprint density at radius 1 is 1.30 bits per heavy atom. The molecular formula is C15H18N2O2S. The van der Waals surface area contributed by atoms with Crippen molar-refractivity contribution in [1.29, 1.82) is 0 Å². The molecule has 0 fully saturated rings. The number of carbonyl (C=O) groups is 1. The molecule has 3 N–H and O–H groups in total. The number of nitrogens with zero attached hydrogens (tertiary/aromatic N) is 1. The van der Waals surface area contributed by atoms with E-state index in [2.05, 4.69) is 0 Å². The summed E-state index contributed by atoms with van der Waals surface area (Å²) in [5.74, 6) is 0. The molecule has 0 aliphatic heterocycles. The molecule has 4 nitrogen and oxygen atoms in total. The number of hydrogen-bond acceptors (Lipinski definition) is 3. The highest BCUT2D eigenvalue weighted by Crippen LogP contribution is 2.34. The Morgan fingerprint density at radius 3 is 2.45 bits per heavy atom. The van der Waals surface area contributed by atoms with Gasteiger partial charge < -0.3 is 10.8 Å². The predicted molar refractivity (Wildman–Crippen MR) is 84.4 cm³/mol. The van der Waals surface area contributed by atoms with Gasteiger partial charge in [-0.1, -0.05) is 12.1 Å². The largest absolute Gasteiger partial charge is 0.465 e. The summed E-state index contributed by atoms with van der Waals surface area (Å²) >= 11 is 1.63. The van der Waals surface area contributed by atoms with Gasteiger partial charge >= 0.3 is 6.09 Å². The van der Waals surface area contributed by atoms with Gasteiger partial charge in [-0.2, -0.15) is 0 Å². The van der Waals surface area contributed by atoms with Crippen molar-refractivity contribution in [3.8, 4) is 10.4 Å². The zero-order chi connectivity index (χ0) is 14.9. The Bertz CT molecular complexity index is 615. The van der Waals surface area contributed by atoms with Gasteiger partial charge in [0.15, 0.2) is 0 Å². The smallest absolute Gasteiger partial charge is 0.412 e. The maximum atomic E-state index is 11.5. The molecule has 5 heteroatoms. The van der Waals surface area contributed by atoms with Gasteiger partial charge in [0.1, 0.15) is 0 Å². The summed E-state index contributed by atoms with van der Waals surface area (Å²) in [6.07, 6.45) is -1.01. The van der Waals surface area contributed by atoms with Gasteiger partial charge in [-0.05, 0) is 49.9 Å². The average Bonchev–Trinajstić information content (AvgIpc) is 2.82. The van der Waals surface area contributed by atoms with Crippen LogP contribution in [-0.2, 0) is 0 Å². The zero-order valence-corrected chi connectivity index (χ0v) is 12.6. The number of nitrogen functional groups attached to an aromatic ring is 1. The second kappa shape index (κ2) is 5.17. The van der Waals surface area contributed by atoms with E-state index in [4.69, 9.17) is 5.73 Å². The minimum Gasteiger partial charge on any atom is -0.465 e. The van der Waals surface area contributed by atoms with E-state index in [1.807, 2.05) is 50.4 Å². The highest BCUT2D eigenvalue weighted by atomic mass is 32.1.